The molecule has 2 aromatic rings. The van der Waals surface area contributed by atoms with Gasteiger partial charge in [-0.2, -0.15) is 0 Å². The van der Waals surface area contributed by atoms with Gasteiger partial charge >= 0.3 is 0 Å². The molecule has 6 heteroatoms. The largest absolute Gasteiger partial charge is 0.351 e. The Kier molecular flexibility index (Phi) is 2.74. The van der Waals surface area contributed by atoms with E-state index in [0.29, 0.717) is 10.8 Å². The van der Waals surface area contributed by atoms with Gasteiger partial charge in [0.2, 0.25) is 5.76 Å². The second-order valence-electron chi connectivity index (χ2n) is 3.45. The highest BCUT2D eigenvalue weighted by Gasteiger charge is 2.13. The van der Waals surface area contributed by atoms with Crippen molar-refractivity contribution in [2.75, 3.05) is 5.32 Å². The molecule has 1 N–H and O–H groups in total. The van der Waals surface area contributed by atoms with Crippen molar-refractivity contribution < 1.29 is 9.32 Å². The molecule has 0 atom stereocenters. The van der Waals surface area contributed by atoms with Crippen molar-refractivity contribution in [1.29, 1.82) is 0 Å². The molecule has 1 amide bonds. The van der Waals surface area contributed by atoms with E-state index in [1.165, 1.54) is 11.3 Å². The Balaban J connectivity index is 2.13. The van der Waals surface area contributed by atoms with Gasteiger partial charge in [-0.1, -0.05) is 5.16 Å². The minimum Gasteiger partial charge on any atom is -0.351 e. The van der Waals surface area contributed by atoms with E-state index in [-0.39, 0.29) is 11.7 Å². The van der Waals surface area contributed by atoms with Crippen molar-refractivity contribution in [3.05, 3.63) is 28.1 Å². The van der Waals surface area contributed by atoms with Crippen molar-refractivity contribution >= 4 is 22.4 Å². The van der Waals surface area contributed by atoms with Gasteiger partial charge in [-0.25, -0.2) is 4.98 Å². The minimum absolute atomic E-state index is 0.197. The fraction of sp³-hybridized carbons (Fsp3) is 0.300. The van der Waals surface area contributed by atoms with Crippen LogP contribution in [0.4, 0.5) is 5.13 Å². The molecular formula is C10H11N3O2S. The summed E-state index contributed by atoms with van der Waals surface area (Å²) in [5, 5.41) is 6.89. The zero-order valence-electron chi connectivity index (χ0n) is 9.20. The van der Waals surface area contributed by atoms with Gasteiger partial charge in [0.15, 0.2) is 5.13 Å². The summed E-state index contributed by atoms with van der Waals surface area (Å²) in [6.45, 7) is 5.62. The molecule has 0 aliphatic rings. The molecule has 2 heterocycles. The zero-order chi connectivity index (χ0) is 11.7. The van der Waals surface area contributed by atoms with Crippen molar-refractivity contribution in [2.45, 2.75) is 20.8 Å². The van der Waals surface area contributed by atoms with Crippen molar-refractivity contribution in [3.63, 3.8) is 0 Å². The lowest BCUT2D eigenvalue weighted by atomic mass is 10.4. The zero-order valence-corrected chi connectivity index (χ0v) is 10.0. The topological polar surface area (TPSA) is 68.0 Å². The normalized spacial score (nSPS) is 10.4. The van der Waals surface area contributed by atoms with Crippen LogP contribution in [0, 0.1) is 20.8 Å². The second-order valence-corrected chi connectivity index (χ2v) is 4.65. The van der Waals surface area contributed by atoms with Crippen LogP contribution >= 0.6 is 11.3 Å². The van der Waals surface area contributed by atoms with Gasteiger partial charge in [-0.05, 0) is 20.8 Å². The highest BCUT2D eigenvalue weighted by atomic mass is 32.1. The molecule has 0 saturated carbocycles. The fourth-order valence-electron chi connectivity index (χ4n) is 1.16. The second kappa shape index (κ2) is 4.05. The summed E-state index contributed by atoms with van der Waals surface area (Å²) in [6, 6.07) is 1.59. The lowest BCUT2D eigenvalue weighted by molar-refractivity contribution is 0.0988. The quantitative estimate of drug-likeness (QED) is 0.870. The van der Waals surface area contributed by atoms with Crippen LogP contribution in [0.15, 0.2) is 10.6 Å². The lowest BCUT2D eigenvalue weighted by Crippen LogP contribution is -2.10. The summed E-state index contributed by atoms with van der Waals surface area (Å²) in [7, 11) is 0. The van der Waals surface area contributed by atoms with E-state index < -0.39 is 0 Å². The maximum Gasteiger partial charge on any atom is 0.296 e. The molecule has 2 rings (SSSR count). The van der Waals surface area contributed by atoms with Gasteiger partial charge in [0, 0.05) is 10.9 Å². The van der Waals surface area contributed by atoms with Crippen LogP contribution in [-0.4, -0.2) is 16.0 Å². The number of nitrogens with zero attached hydrogens (tertiary/aromatic N) is 2. The van der Waals surface area contributed by atoms with Gasteiger partial charge in [0.05, 0.1) is 11.4 Å². The number of hydrogen-bond acceptors (Lipinski definition) is 5. The van der Waals surface area contributed by atoms with Gasteiger partial charge in [-0.3, -0.25) is 10.1 Å². The third-order valence-corrected chi connectivity index (χ3v) is 3.09. The molecule has 0 aromatic carbocycles. The maximum atomic E-state index is 11.7. The predicted molar refractivity (Wildman–Crippen MR) is 60.8 cm³/mol. The summed E-state index contributed by atoms with van der Waals surface area (Å²) in [6.07, 6.45) is 0. The molecular weight excluding hydrogens is 226 g/mol. The van der Waals surface area contributed by atoms with E-state index in [9.17, 15) is 4.79 Å². The fourth-order valence-corrected chi connectivity index (χ4v) is 1.97. The van der Waals surface area contributed by atoms with E-state index >= 15 is 0 Å². The van der Waals surface area contributed by atoms with Crippen LogP contribution in [0.2, 0.25) is 0 Å². The van der Waals surface area contributed by atoms with Gasteiger partial charge in [0.25, 0.3) is 5.91 Å². The van der Waals surface area contributed by atoms with Crippen LogP contribution in [0.5, 0.6) is 0 Å². The Morgan fingerprint density at radius 2 is 2.19 bits per heavy atom. The van der Waals surface area contributed by atoms with Crippen molar-refractivity contribution in [3.8, 4) is 0 Å². The number of anilines is 1. The molecule has 84 valence electrons. The molecule has 0 aliphatic carbocycles. The lowest BCUT2D eigenvalue weighted by Gasteiger charge is -1.95. The number of rotatable bonds is 2. The summed E-state index contributed by atoms with van der Waals surface area (Å²) < 4.78 is 4.85. The van der Waals surface area contributed by atoms with E-state index in [1.807, 2.05) is 13.8 Å². The molecule has 0 unspecified atom stereocenters. The summed E-state index contributed by atoms with van der Waals surface area (Å²) in [5.74, 6) is -0.127. The maximum absolute atomic E-state index is 11.7. The predicted octanol–water partition coefficient (Wildman–Crippen LogP) is 2.31. The number of aromatic nitrogens is 2. The summed E-state index contributed by atoms with van der Waals surface area (Å²) >= 11 is 1.44. The van der Waals surface area contributed by atoms with E-state index in [2.05, 4.69) is 15.5 Å². The molecule has 0 saturated heterocycles. The number of hydrogen-bond donors (Lipinski definition) is 1. The number of carbonyl (C=O) groups excluding carboxylic acids is 1. The van der Waals surface area contributed by atoms with Crippen LogP contribution in [-0.2, 0) is 0 Å². The molecule has 0 bridgehead atoms. The number of nitrogens with one attached hydrogen (secondary N) is 1. The first-order valence-corrected chi connectivity index (χ1v) is 5.56. The Morgan fingerprint density at radius 3 is 2.69 bits per heavy atom. The van der Waals surface area contributed by atoms with Gasteiger partial charge < -0.3 is 4.52 Å². The molecule has 16 heavy (non-hydrogen) atoms. The SMILES string of the molecule is Cc1cc(C(=O)Nc2nc(C)c(C)s2)on1. The molecule has 0 spiro atoms. The first-order valence-electron chi connectivity index (χ1n) is 4.75. The average Bonchev–Trinajstić information content (AvgIpc) is 2.75. The van der Waals surface area contributed by atoms with Crippen LogP contribution in [0.3, 0.4) is 0 Å². The summed E-state index contributed by atoms with van der Waals surface area (Å²) in [5.41, 5.74) is 1.60. The average molecular weight is 237 g/mol. The molecule has 5 nitrogen and oxygen atoms in total. The molecule has 0 fully saturated rings. The Bertz CT molecular complexity index is 510. The third kappa shape index (κ3) is 2.11. The number of aryl methyl sites for hydroxylation is 3. The van der Waals surface area contributed by atoms with Gasteiger partial charge in [0.1, 0.15) is 0 Å². The summed E-state index contributed by atoms with van der Waals surface area (Å²) in [4.78, 5) is 17.0. The number of thiazole rings is 1. The Labute approximate surface area is 96.5 Å². The molecule has 2 aromatic heterocycles. The van der Waals surface area contributed by atoms with E-state index in [4.69, 9.17) is 4.52 Å². The monoisotopic (exact) mass is 237 g/mol. The molecule has 0 aliphatic heterocycles. The van der Waals surface area contributed by atoms with Gasteiger partial charge in [-0.15, -0.1) is 11.3 Å². The van der Waals surface area contributed by atoms with E-state index in [1.54, 1.807) is 13.0 Å². The van der Waals surface area contributed by atoms with Crippen LogP contribution in [0.1, 0.15) is 26.8 Å². The minimum atomic E-state index is -0.325. The van der Waals surface area contributed by atoms with Crippen molar-refractivity contribution in [2.24, 2.45) is 0 Å². The Morgan fingerprint density at radius 1 is 1.44 bits per heavy atom. The van der Waals surface area contributed by atoms with E-state index in [0.717, 1.165) is 10.6 Å². The van der Waals surface area contributed by atoms with Crippen LogP contribution < -0.4 is 5.32 Å². The third-order valence-electron chi connectivity index (χ3n) is 2.10. The highest BCUT2D eigenvalue weighted by molar-refractivity contribution is 7.15. The van der Waals surface area contributed by atoms with Crippen molar-refractivity contribution in [1.82, 2.24) is 10.1 Å². The molecule has 0 radical (unpaired) electrons. The Hall–Kier alpha value is -1.69. The number of amides is 1. The highest BCUT2D eigenvalue weighted by Crippen LogP contribution is 2.21. The number of carbonyl (C=O) groups is 1. The first kappa shape index (κ1) is 10.8. The van der Waals surface area contributed by atoms with Crippen LogP contribution in [0.25, 0.3) is 0 Å². The first-order chi connectivity index (χ1) is 7.56. The standard InChI is InChI=1S/C10H11N3O2S/c1-5-4-8(15-13-5)9(14)12-10-11-6(2)7(3)16-10/h4H,1-3H3,(H,11,12,14). The smallest absolute Gasteiger partial charge is 0.296 e.